The smallest absolute Gasteiger partial charge is 0.283 e. The van der Waals surface area contributed by atoms with Crippen molar-refractivity contribution < 1.29 is 28.2 Å². The molecule has 0 radical (unpaired) electrons. The van der Waals surface area contributed by atoms with Gasteiger partial charge in [-0.1, -0.05) is 30.7 Å². The number of benzene rings is 3. The number of halogens is 1. The van der Waals surface area contributed by atoms with Crippen LogP contribution in [0.2, 0.25) is 0 Å². The Balaban J connectivity index is 1.48. The van der Waals surface area contributed by atoms with Crippen molar-refractivity contribution in [3.8, 4) is 11.5 Å². The number of imide groups is 1. The summed E-state index contributed by atoms with van der Waals surface area (Å²) in [7, 11) is 2.95. The molecule has 10 heteroatoms. The molecular formula is C30H28FN3O5S. The first-order chi connectivity index (χ1) is 19.4. The summed E-state index contributed by atoms with van der Waals surface area (Å²) >= 11 is 1.10. The molecule has 1 aliphatic heterocycles. The fraction of sp³-hybridized carbons (Fsp3) is 0.233. The third-order valence-electron chi connectivity index (χ3n) is 6.83. The van der Waals surface area contributed by atoms with E-state index in [1.54, 1.807) is 42.5 Å². The first-order valence-electron chi connectivity index (χ1n) is 12.8. The number of rotatable bonds is 9. The van der Waals surface area contributed by atoms with Crippen LogP contribution < -0.4 is 25.0 Å². The van der Waals surface area contributed by atoms with E-state index in [2.05, 4.69) is 10.6 Å². The molecule has 3 aromatic rings. The van der Waals surface area contributed by atoms with Gasteiger partial charge in [-0.2, -0.15) is 0 Å². The number of nitrogens with one attached hydrogen (secondary N) is 2. The van der Waals surface area contributed by atoms with Gasteiger partial charge in [-0.3, -0.25) is 14.4 Å². The predicted octanol–water partition coefficient (Wildman–Crippen LogP) is 5.96. The van der Waals surface area contributed by atoms with Gasteiger partial charge in [-0.05, 0) is 67.4 Å². The van der Waals surface area contributed by atoms with E-state index in [9.17, 15) is 18.8 Å². The van der Waals surface area contributed by atoms with Crippen molar-refractivity contribution in [1.82, 2.24) is 0 Å². The molecule has 3 amide bonds. The maximum atomic E-state index is 13.8. The second-order valence-corrected chi connectivity index (χ2v) is 10.5. The van der Waals surface area contributed by atoms with Crippen molar-refractivity contribution >= 4 is 46.5 Å². The van der Waals surface area contributed by atoms with Crippen LogP contribution in [-0.4, -0.2) is 31.9 Å². The van der Waals surface area contributed by atoms with Gasteiger partial charge in [0.15, 0.2) is 0 Å². The average Bonchev–Trinajstić information content (AvgIpc) is 3.58. The van der Waals surface area contributed by atoms with E-state index < -0.39 is 17.6 Å². The first kappa shape index (κ1) is 27.3. The summed E-state index contributed by atoms with van der Waals surface area (Å²) in [6, 6.07) is 17.4. The lowest BCUT2D eigenvalue weighted by atomic mass is 10.1. The van der Waals surface area contributed by atoms with Crippen molar-refractivity contribution in [1.29, 1.82) is 0 Å². The molecule has 1 saturated carbocycles. The largest absolute Gasteiger partial charge is 0.497 e. The van der Waals surface area contributed by atoms with Crippen molar-refractivity contribution in [3.63, 3.8) is 0 Å². The topological polar surface area (TPSA) is 97.0 Å². The average molecular weight is 562 g/mol. The Morgan fingerprint density at radius 3 is 2.38 bits per heavy atom. The van der Waals surface area contributed by atoms with Crippen LogP contribution in [0, 0.1) is 11.7 Å². The number of methoxy groups -OCH3 is 2. The Labute approximate surface area is 235 Å². The number of ether oxygens (including phenoxy) is 2. The minimum Gasteiger partial charge on any atom is -0.497 e. The highest BCUT2D eigenvalue weighted by atomic mass is 32.2. The summed E-state index contributed by atoms with van der Waals surface area (Å²) in [6.45, 7) is 0. The van der Waals surface area contributed by atoms with E-state index in [1.807, 2.05) is 0 Å². The van der Waals surface area contributed by atoms with Gasteiger partial charge in [0, 0.05) is 28.3 Å². The molecule has 2 aliphatic rings. The zero-order valence-electron chi connectivity index (χ0n) is 22.0. The number of nitrogens with zero attached hydrogens (tertiary/aromatic N) is 1. The second kappa shape index (κ2) is 11.8. The summed E-state index contributed by atoms with van der Waals surface area (Å²) < 4.78 is 24.2. The molecule has 0 unspecified atom stereocenters. The molecule has 1 aliphatic carbocycles. The minimum absolute atomic E-state index is 0.00703. The molecule has 3 aromatic carbocycles. The van der Waals surface area contributed by atoms with Crippen LogP contribution in [0.25, 0.3) is 0 Å². The second-order valence-electron chi connectivity index (χ2n) is 9.42. The van der Waals surface area contributed by atoms with Gasteiger partial charge >= 0.3 is 0 Å². The van der Waals surface area contributed by atoms with Crippen molar-refractivity contribution in [3.05, 3.63) is 83.1 Å². The highest BCUT2D eigenvalue weighted by Gasteiger charge is 2.41. The van der Waals surface area contributed by atoms with E-state index in [-0.39, 0.29) is 33.9 Å². The number of carbonyl (C=O) groups is 3. The van der Waals surface area contributed by atoms with E-state index >= 15 is 0 Å². The summed E-state index contributed by atoms with van der Waals surface area (Å²) in [5.74, 6) is -0.790. The molecule has 0 spiro atoms. The molecule has 206 valence electrons. The van der Waals surface area contributed by atoms with Gasteiger partial charge in [0.05, 0.1) is 19.9 Å². The summed E-state index contributed by atoms with van der Waals surface area (Å²) in [4.78, 5) is 42.0. The van der Waals surface area contributed by atoms with Crippen LogP contribution in [-0.2, 0) is 14.4 Å². The maximum absolute atomic E-state index is 13.8. The summed E-state index contributed by atoms with van der Waals surface area (Å²) in [6.07, 6.45) is 3.87. The third-order valence-corrected chi connectivity index (χ3v) is 7.90. The van der Waals surface area contributed by atoms with Crippen LogP contribution >= 0.6 is 11.8 Å². The molecule has 1 fully saturated rings. The van der Waals surface area contributed by atoms with Gasteiger partial charge in [-0.15, -0.1) is 0 Å². The number of hydrogen-bond donors (Lipinski definition) is 2. The van der Waals surface area contributed by atoms with E-state index in [1.165, 1.54) is 38.5 Å². The van der Waals surface area contributed by atoms with Crippen molar-refractivity contribution in [2.45, 2.75) is 30.6 Å². The third kappa shape index (κ3) is 5.67. The summed E-state index contributed by atoms with van der Waals surface area (Å²) in [5.41, 5.74) is 1.35. The first-order valence-corrected chi connectivity index (χ1v) is 13.7. The molecule has 5 rings (SSSR count). The molecule has 2 N–H and O–H groups in total. The lowest BCUT2D eigenvalue weighted by molar-refractivity contribution is -0.121. The standard InChI is InChI=1S/C30H28FN3O5S/c1-38-22-14-15-24(25(17-22)39-2)34-29(36)26(32-20-12-10-19(31)11-13-20)27(30(34)37)40-23-9-5-8-21(16-23)33-28(35)18-6-3-4-7-18/h5,8-18,32H,3-4,6-7H2,1-2H3,(H,33,35). The molecule has 8 nitrogen and oxygen atoms in total. The fourth-order valence-corrected chi connectivity index (χ4v) is 5.76. The Morgan fingerprint density at radius 2 is 1.68 bits per heavy atom. The number of hydrogen-bond acceptors (Lipinski definition) is 7. The van der Waals surface area contributed by atoms with Crippen LogP contribution in [0.3, 0.4) is 0 Å². The zero-order chi connectivity index (χ0) is 28.2. The number of anilines is 3. The lowest BCUT2D eigenvalue weighted by Gasteiger charge is -2.19. The summed E-state index contributed by atoms with van der Waals surface area (Å²) in [5, 5.41) is 5.98. The molecular weight excluding hydrogens is 533 g/mol. The Bertz CT molecular complexity index is 1480. The molecule has 0 aromatic heterocycles. The predicted molar refractivity (Wildman–Crippen MR) is 152 cm³/mol. The molecule has 1 heterocycles. The quantitative estimate of drug-likeness (QED) is 0.311. The maximum Gasteiger partial charge on any atom is 0.283 e. The zero-order valence-corrected chi connectivity index (χ0v) is 22.8. The number of thioether (sulfide) groups is 1. The Hall–Kier alpha value is -4.31. The van der Waals surface area contributed by atoms with E-state index in [0.29, 0.717) is 22.0 Å². The molecule has 40 heavy (non-hydrogen) atoms. The van der Waals surface area contributed by atoms with E-state index in [4.69, 9.17) is 9.47 Å². The highest BCUT2D eigenvalue weighted by Crippen LogP contribution is 2.42. The molecule has 0 saturated heterocycles. The van der Waals surface area contributed by atoms with Crippen molar-refractivity contribution in [2.75, 3.05) is 29.8 Å². The van der Waals surface area contributed by atoms with Crippen LogP contribution in [0.5, 0.6) is 11.5 Å². The minimum atomic E-state index is -0.592. The lowest BCUT2D eigenvalue weighted by Crippen LogP contribution is -2.32. The van der Waals surface area contributed by atoms with Crippen molar-refractivity contribution in [2.24, 2.45) is 5.92 Å². The van der Waals surface area contributed by atoms with Gasteiger partial charge in [0.2, 0.25) is 5.91 Å². The monoisotopic (exact) mass is 561 g/mol. The number of carbonyl (C=O) groups excluding carboxylic acids is 3. The van der Waals surface area contributed by atoms with Gasteiger partial charge < -0.3 is 20.1 Å². The fourth-order valence-electron chi connectivity index (χ4n) is 4.77. The van der Waals surface area contributed by atoms with Crippen LogP contribution in [0.15, 0.2) is 82.2 Å². The van der Waals surface area contributed by atoms with Crippen LogP contribution in [0.1, 0.15) is 25.7 Å². The number of amides is 3. The molecule has 0 bridgehead atoms. The normalized spacial score (nSPS) is 15.5. The molecule has 0 atom stereocenters. The van der Waals surface area contributed by atoms with Crippen LogP contribution in [0.4, 0.5) is 21.5 Å². The van der Waals surface area contributed by atoms with Gasteiger partial charge in [-0.25, -0.2) is 9.29 Å². The van der Waals surface area contributed by atoms with Gasteiger partial charge in [0.25, 0.3) is 11.8 Å². The SMILES string of the molecule is COc1ccc(N2C(=O)C(Nc3ccc(F)cc3)=C(Sc3cccc(NC(=O)C4CCCC4)c3)C2=O)c(OC)c1. The Morgan fingerprint density at radius 1 is 0.925 bits per heavy atom. The van der Waals surface area contributed by atoms with Gasteiger partial charge in [0.1, 0.15) is 27.9 Å². The van der Waals surface area contributed by atoms with E-state index in [0.717, 1.165) is 42.3 Å². The Kier molecular flexibility index (Phi) is 8.06. The highest BCUT2D eigenvalue weighted by molar-refractivity contribution is 8.04.